The first-order chi connectivity index (χ1) is 28.1. The van der Waals surface area contributed by atoms with E-state index in [1.165, 1.54) is 6.92 Å². The number of carbonyl (C=O) groups excluding carboxylic acids is 7. The minimum Gasteiger partial charge on any atom is -0.463 e. The van der Waals surface area contributed by atoms with Crippen LogP contribution in [0.1, 0.15) is 62.3 Å². The molecule has 5 heterocycles. The quantitative estimate of drug-likeness (QED) is 0.154. The summed E-state index contributed by atoms with van der Waals surface area (Å²) < 4.78 is 91.6. The molecule has 0 aromatic carbocycles. The minimum absolute atomic E-state index is 0.415. The topological polar surface area (TPSA) is 287 Å². The van der Waals surface area contributed by atoms with Crippen molar-refractivity contribution in [2.45, 2.75) is 167 Å². The molecule has 0 spiro atoms. The van der Waals surface area contributed by atoms with Gasteiger partial charge in [-0.15, -0.1) is 0 Å². The van der Waals surface area contributed by atoms with Crippen molar-refractivity contribution >= 4 is 41.8 Å². The Hall–Kier alpha value is -4.11. The Morgan fingerprint density at radius 3 is 1.53 bits per heavy atom. The third kappa shape index (κ3) is 11.6. The summed E-state index contributed by atoms with van der Waals surface area (Å²) >= 11 is 0. The van der Waals surface area contributed by atoms with Crippen LogP contribution in [0.25, 0.3) is 0 Å². The second-order valence-electron chi connectivity index (χ2n) is 14.4. The number of carbonyl (C=O) groups is 7. The predicted octanol–water partition coefficient (Wildman–Crippen LogP) is -1.44. The lowest BCUT2D eigenvalue weighted by Crippen LogP contribution is -2.66. The molecule has 338 valence electrons. The minimum atomic E-state index is -2.01. The highest BCUT2D eigenvalue weighted by atomic mass is 16.9. The number of esters is 7. The average Bonchev–Trinajstić information content (AvgIpc) is 3.67. The molecule has 5 rings (SSSR count). The molecule has 0 aromatic heterocycles. The molecule has 5 aliphatic rings. The zero-order valence-electron chi connectivity index (χ0n) is 34.2. The van der Waals surface area contributed by atoms with E-state index in [2.05, 4.69) is 0 Å². The molecule has 0 radical (unpaired) electrons. The molecular formula is C36H50O24. The van der Waals surface area contributed by atoms with E-state index in [4.69, 9.17) is 75.8 Å². The van der Waals surface area contributed by atoms with Crippen molar-refractivity contribution in [2.24, 2.45) is 0 Å². The van der Waals surface area contributed by atoms with E-state index in [0.717, 1.165) is 48.5 Å². The molecule has 17 atom stereocenters. The van der Waals surface area contributed by atoms with Gasteiger partial charge in [-0.2, -0.15) is 0 Å². The van der Waals surface area contributed by atoms with E-state index in [9.17, 15) is 38.7 Å². The van der Waals surface area contributed by atoms with Gasteiger partial charge in [0.1, 0.15) is 49.8 Å². The third-order valence-corrected chi connectivity index (χ3v) is 9.37. The number of ether oxygens (including phenoxy) is 16. The van der Waals surface area contributed by atoms with Crippen LogP contribution in [-0.2, 0) is 109 Å². The number of hydrogen-bond acceptors (Lipinski definition) is 24. The molecule has 60 heavy (non-hydrogen) atoms. The van der Waals surface area contributed by atoms with Crippen LogP contribution < -0.4 is 0 Å². The molecule has 0 saturated carbocycles. The monoisotopic (exact) mass is 866 g/mol. The first-order valence-corrected chi connectivity index (χ1v) is 18.9. The van der Waals surface area contributed by atoms with Crippen LogP contribution >= 0.6 is 0 Å². The average molecular weight is 867 g/mol. The second-order valence-corrected chi connectivity index (χ2v) is 14.4. The SMILES string of the molecule is CC(=O)OC[C@H]1O[C@@H](O[C@H]2[C@H](O)[C@@H](CO[C@@]3(C)O[C@H]4O[C@H](COC(C)=O)[C@@H](OC(C)=O)[C@H](OC(C)=O)[C@H]4O3)O[C@@H]3O[C@H](C)O[C@@H]32)[C@H](OC(C)=O)[C@@H](OC(C)=O)[C@@H]1OC(C)=O. The first-order valence-electron chi connectivity index (χ1n) is 18.9. The van der Waals surface area contributed by atoms with Gasteiger partial charge in [0, 0.05) is 55.4 Å². The van der Waals surface area contributed by atoms with Gasteiger partial charge in [-0.1, -0.05) is 0 Å². The van der Waals surface area contributed by atoms with Gasteiger partial charge in [-0.25, -0.2) is 0 Å². The van der Waals surface area contributed by atoms with Crippen molar-refractivity contribution in [1.29, 1.82) is 0 Å². The lowest BCUT2D eigenvalue weighted by Gasteiger charge is -2.47. The molecule has 5 fully saturated rings. The lowest BCUT2D eigenvalue weighted by molar-refractivity contribution is -0.369. The smallest absolute Gasteiger partial charge is 0.303 e. The van der Waals surface area contributed by atoms with Crippen molar-refractivity contribution in [3.63, 3.8) is 0 Å². The van der Waals surface area contributed by atoms with Crippen LogP contribution in [0.2, 0.25) is 0 Å². The van der Waals surface area contributed by atoms with Gasteiger partial charge >= 0.3 is 41.8 Å². The number of aliphatic hydroxyl groups is 1. The van der Waals surface area contributed by atoms with Gasteiger partial charge in [0.25, 0.3) is 5.97 Å². The van der Waals surface area contributed by atoms with Gasteiger partial charge in [-0.05, 0) is 6.92 Å². The fourth-order valence-corrected chi connectivity index (χ4v) is 7.21. The molecule has 0 amide bonds. The largest absolute Gasteiger partial charge is 0.463 e. The van der Waals surface area contributed by atoms with Gasteiger partial charge in [0.05, 0.1) is 6.61 Å². The fraction of sp³-hybridized carbons (Fsp3) is 0.806. The summed E-state index contributed by atoms with van der Waals surface area (Å²) in [6.45, 7) is 9.08. The highest BCUT2D eigenvalue weighted by molar-refractivity contribution is 5.69. The molecule has 5 aliphatic heterocycles. The Bertz CT molecular complexity index is 1600. The summed E-state index contributed by atoms with van der Waals surface area (Å²) in [6, 6.07) is 0. The summed E-state index contributed by atoms with van der Waals surface area (Å²) in [4.78, 5) is 84.7. The Morgan fingerprint density at radius 1 is 0.500 bits per heavy atom. The van der Waals surface area contributed by atoms with E-state index in [0.29, 0.717) is 0 Å². The molecule has 0 bridgehead atoms. The van der Waals surface area contributed by atoms with Crippen LogP contribution in [0.3, 0.4) is 0 Å². The number of aliphatic hydroxyl groups excluding tert-OH is 1. The van der Waals surface area contributed by atoms with Crippen LogP contribution in [0, 0.1) is 0 Å². The number of hydrogen-bond donors (Lipinski definition) is 1. The maximum atomic E-state index is 12.4. The second kappa shape index (κ2) is 19.7. The zero-order chi connectivity index (χ0) is 44.2. The van der Waals surface area contributed by atoms with Gasteiger partial charge < -0.3 is 76.2 Å². The van der Waals surface area contributed by atoms with Crippen LogP contribution in [0.5, 0.6) is 0 Å². The number of rotatable bonds is 14. The summed E-state index contributed by atoms with van der Waals surface area (Å²) in [5.74, 6) is -7.55. The predicted molar refractivity (Wildman–Crippen MR) is 184 cm³/mol. The Labute approximate surface area is 342 Å². The molecular weight excluding hydrogens is 816 g/mol. The van der Waals surface area contributed by atoms with E-state index in [-0.39, 0.29) is 0 Å². The van der Waals surface area contributed by atoms with Gasteiger partial charge in [-0.3, -0.25) is 38.3 Å². The standard InChI is InChI=1S/C36H50O24/c1-13(37)45-10-22-25(48-15(3)39)28(50-17(5)41)31(52-19(7)43)34(56-22)58-27-24(44)21(55-33-30(27)53-20(8)54-33)12-47-36(9)59-32-29(51-18(6)42)26(49-16(4)40)23(11-46-14(2)38)57-35(32)60-36/h20-35,44H,10-12H2,1-9H3/t20-,21-,22-,23-,24-,25-,26-,27+,28+,29+,30-,31-,32-,33+,34+,35-,36-/m1/s1. The molecule has 24 nitrogen and oxygen atoms in total. The highest BCUT2D eigenvalue weighted by Crippen LogP contribution is 2.41. The van der Waals surface area contributed by atoms with Crippen molar-refractivity contribution in [1.82, 2.24) is 0 Å². The summed E-state index contributed by atoms with van der Waals surface area (Å²) in [7, 11) is 0. The van der Waals surface area contributed by atoms with Crippen LogP contribution in [0.4, 0.5) is 0 Å². The molecule has 0 aliphatic carbocycles. The van der Waals surface area contributed by atoms with Gasteiger partial charge in [0.2, 0.25) is 0 Å². The Balaban J connectivity index is 1.39. The molecule has 24 heteroatoms. The van der Waals surface area contributed by atoms with Crippen LogP contribution in [-0.4, -0.2) is 171 Å². The van der Waals surface area contributed by atoms with Crippen molar-refractivity contribution in [3.8, 4) is 0 Å². The van der Waals surface area contributed by atoms with Gasteiger partial charge in [0.15, 0.2) is 61.8 Å². The molecule has 5 saturated heterocycles. The lowest BCUT2D eigenvalue weighted by atomic mass is 9.96. The summed E-state index contributed by atoms with van der Waals surface area (Å²) in [5, 5.41) is 11.8. The normalized spacial score (nSPS) is 39.6. The fourth-order valence-electron chi connectivity index (χ4n) is 7.21. The van der Waals surface area contributed by atoms with E-state index in [1.807, 2.05) is 0 Å². The van der Waals surface area contributed by atoms with E-state index in [1.54, 1.807) is 6.92 Å². The van der Waals surface area contributed by atoms with E-state index < -0.39 is 166 Å². The highest BCUT2D eigenvalue weighted by Gasteiger charge is 2.61. The van der Waals surface area contributed by atoms with Crippen molar-refractivity contribution < 1.29 is 114 Å². The third-order valence-electron chi connectivity index (χ3n) is 9.37. The zero-order valence-corrected chi connectivity index (χ0v) is 34.2. The van der Waals surface area contributed by atoms with E-state index >= 15 is 0 Å². The molecule has 0 aromatic rings. The Morgan fingerprint density at radius 2 is 0.983 bits per heavy atom. The molecule has 1 N–H and O–H groups in total. The maximum Gasteiger partial charge on any atom is 0.303 e. The Kier molecular flexibility index (Phi) is 15.4. The first kappa shape index (κ1) is 46.9. The summed E-state index contributed by atoms with van der Waals surface area (Å²) in [5.41, 5.74) is 0. The number of fused-ring (bicyclic) bond motifs is 2. The van der Waals surface area contributed by atoms with Crippen molar-refractivity contribution in [3.05, 3.63) is 0 Å². The van der Waals surface area contributed by atoms with Crippen molar-refractivity contribution in [2.75, 3.05) is 19.8 Å². The maximum absolute atomic E-state index is 12.4. The molecule has 0 unspecified atom stereocenters. The summed E-state index contributed by atoms with van der Waals surface area (Å²) in [6.07, 6.45) is -21.9. The van der Waals surface area contributed by atoms with Crippen LogP contribution in [0.15, 0.2) is 0 Å².